The standard InChI is InChI=1S/C16H18N4O2/c1-10-8-14(15(21)18-11-6-7-11)20-16(17-10)19-12-4-3-5-13(9-12)22-2/h3-5,8-9,11H,6-7H2,1-2H3,(H,18,21)(H,17,19,20). The van der Waals surface area contributed by atoms with E-state index >= 15 is 0 Å². The van der Waals surface area contributed by atoms with E-state index in [1.54, 1.807) is 13.2 Å². The molecule has 0 radical (unpaired) electrons. The maximum absolute atomic E-state index is 12.1. The molecule has 0 aliphatic heterocycles. The number of carbonyl (C=O) groups is 1. The molecule has 1 aromatic carbocycles. The highest BCUT2D eigenvalue weighted by Gasteiger charge is 2.24. The molecule has 0 saturated heterocycles. The number of nitrogens with one attached hydrogen (secondary N) is 2. The normalized spacial score (nSPS) is 13.5. The van der Waals surface area contributed by atoms with Crippen molar-refractivity contribution < 1.29 is 9.53 Å². The molecule has 6 heteroatoms. The molecule has 1 heterocycles. The van der Waals surface area contributed by atoms with E-state index in [0.29, 0.717) is 17.7 Å². The number of anilines is 2. The predicted octanol–water partition coefficient (Wildman–Crippen LogP) is 2.43. The van der Waals surface area contributed by atoms with E-state index in [4.69, 9.17) is 4.74 Å². The van der Waals surface area contributed by atoms with Crippen LogP contribution < -0.4 is 15.4 Å². The lowest BCUT2D eigenvalue weighted by molar-refractivity contribution is 0.0946. The fourth-order valence-electron chi connectivity index (χ4n) is 2.06. The molecule has 1 aromatic heterocycles. The number of hydrogen-bond acceptors (Lipinski definition) is 5. The van der Waals surface area contributed by atoms with Crippen LogP contribution in [0.4, 0.5) is 11.6 Å². The van der Waals surface area contributed by atoms with Gasteiger partial charge in [0.25, 0.3) is 5.91 Å². The van der Waals surface area contributed by atoms with Gasteiger partial charge in [0.2, 0.25) is 5.95 Å². The minimum absolute atomic E-state index is 0.151. The fraction of sp³-hybridized carbons (Fsp3) is 0.312. The lowest BCUT2D eigenvalue weighted by atomic mass is 10.3. The van der Waals surface area contributed by atoms with Gasteiger partial charge in [-0.1, -0.05) is 6.07 Å². The van der Waals surface area contributed by atoms with Crippen molar-refractivity contribution in [3.8, 4) is 5.75 Å². The van der Waals surface area contributed by atoms with E-state index in [-0.39, 0.29) is 5.91 Å². The van der Waals surface area contributed by atoms with Gasteiger partial charge in [0.05, 0.1) is 7.11 Å². The molecular formula is C16H18N4O2. The Hall–Kier alpha value is -2.63. The zero-order chi connectivity index (χ0) is 15.5. The molecule has 1 fully saturated rings. The number of nitrogens with zero attached hydrogens (tertiary/aromatic N) is 2. The van der Waals surface area contributed by atoms with Crippen LogP contribution in [0.15, 0.2) is 30.3 Å². The number of amides is 1. The molecule has 0 unspecified atom stereocenters. The van der Waals surface area contributed by atoms with Gasteiger partial charge in [-0.25, -0.2) is 9.97 Å². The van der Waals surface area contributed by atoms with Crippen LogP contribution in [0.25, 0.3) is 0 Å². The smallest absolute Gasteiger partial charge is 0.270 e. The summed E-state index contributed by atoms with van der Waals surface area (Å²) in [6, 6.07) is 9.45. The van der Waals surface area contributed by atoms with Crippen LogP contribution in [0.5, 0.6) is 5.75 Å². The van der Waals surface area contributed by atoms with Gasteiger partial charge >= 0.3 is 0 Å². The second kappa shape index (κ2) is 6.01. The third-order valence-electron chi connectivity index (χ3n) is 3.33. The molecule has 3 rings (SSSR count). The molecule has 1 aliphatic carbocycles. The topological polar surface area (TPSA) is 76.1 Å². The molecule has 6 nitrogen and oxygen atoms in total. The molecule has 1 aliphatic rings. The molecule has 2 N–H and O–H groups in total. The largest absolute Gasteiger partial charge is 0.497 e. The Balaban J connectivity index is 1.80. The Labute approximate surface area is 128 Å². The maximum Gasteiger partial charge on any atom is 0.270 e. The molecule has 0 bridgehead atoms. The zero-order valence-corrected chi connectivity index (χ0v) is 12.6. The summed E-state index contributed by atoms with van der Waals surface area (Å²) in [6.45, 7) is 1.84. The SMILES string of the molecule is COc1cccc(Nc2nc(C)cc(C(=O)NC3CC3)n2)c1. The monoisotopic (exact) mass is 298 g/mol. The van der Waals surface area contributed by atoms with E-state index in [0.717, 1.165) is 30.0 Å². The lowest BCUT2D eigenvalue weighted by Crippen LogP contribution is -2.26. The van der Waals surface area contributed by atoms with Gasteiger partial charge in [-0.3, -0.25) is 4.79 Å². The number of methoxy groups -OCH3 is 1. The van der Waals surface area contributed by atoms with Crippen LogP contribution in [-0.2, 0) is 0 Å². The van der Waals surface area contributed by atoms with Gasteiger partial charge < -0.3 is 15.4 Å². The molecule has 22 heavy (non-hydrogen) atoms. The van der Waals surface area contributed by atoms with Crippen molar-refractivity contribution in [1.82, 2.24) is 15.3 Å². The summed E-state index contributed by atoms with van der Waals surface area (Å²) in [6.07, 6.45) is 2.09. The quantitative estimate of drug-likeness (QED) is 0.886. The van der Waals surface area contributed by atoms with Crippen LogP contribution in [0.2, 0.25) is 0 Å². The number of carbonyl (C=O) groups excluding carboxylic acids is 1. The number of aromatic nitrogens is 2. The van der Waals surface area contributed by atoms with E-state index < -0.39 is 0 Å². The molecular weight excluding hydrogens is 280 g/mol. The first-order chi connectivity index (χ1) is 10.6. The average Bonchev–Trinajstić information content (AvgIpc) is 3.30. The van der Waals surface area contributed by atoms with Crippen molar-refractivity contribution >= 4 is 17.5 Å². The highest BCUT2D eigenvalue weighted by Crippen LogP contribution is 2.21. The molecule has 1 saturated carbocycles. The van der Waals surface area contributed by atoms with Crippen molar-refractivity contribution in [2.75, 3.05) is 12.4 Å². The first-order valence-electron chi connectivity index (χ1n) is 7.21. The van der Waals surface area contributed by atoms with Gasteiger partial charge in [0, 0.05) is 23.5 Å². The third kappa shape index (κ3) is 3.52. The minimum Gasteiger partial charge on any atom is -0.497 e. The van der Waals surface area contributed by atoms with Crippen LogP contribution in [0.3, 0.4) is 0 Å². The van der Waals surface area contributed by atoms with Gasteiger partial charge in [0.15, 0.2) is 0 Å². The van der Waals surface area contributed by atoms with Crippen molar-refractivity contribution in [1.29, 1.82) is 0 Å². The van der Waals surface area contributed by atoms with Gasteiger partial charge in [-0.2, -0.15) is 0 Å². The molecule has 0 atom stereocenters. The van der Waals surface area contributed by atoms with Crippen molar-refractivity contribution in [3.05, 3.63) is 41.7 Å². The van der Waals surface area contributed by atoms with Gasteiger partial charge in [-0.15, -0.1) is 0 Å². The Kier molecular flexibility index (Phi) is 3.91. The first kappa shape index (κ1) is 14.3. The van der Waals surface area contributed by atoms with Crippen molar-refractivity contribution in [2.45, 2.75) is 25.8 Å². The van der Waals surface area contributed by atoms with Crippen LogP contribution in [-0.4, -0.2) is 29.0 Å². The summed E-state index contributed by atoms with van der Waals surface area (Å²) in [5, 5.41) is 6.03. The Morgan fingerprint density at radius 1 is 1.27 bits per heavy atom. The van der Waals surface area contributed by atoms with Crippen LogP contribution in [0.1, 0.15) is 29.0 Å². The Morgan fingerprint density at radius 2 is 2.09 bits per heavy atom. The van der Waals surface area contributed by atoms with Crippen LogP contribution in [0, 0.1) is 6.92 Å². The Morgan fingerprint density at radius 3 is 2.82 bits per heavy atom. The Bertz CT molecular complexity index is 698. The number of rotatable bonds is 5. The summed E-state index contributed by atoms with van der Waals surface area (Å²) < 4.78 is 5.18. The second-order valence-corrected chi connectivity index (χ2v) is 5.32. The van der Waals surface area contributed by atoms with E-state index in [9.17, 15) is 4.79 Å². The highest BCUT2D eigenvalue weighted by atomic mass is 16.5. The van der Waals surface area contributed by atoms with E-state index in [1.165, 1.54) is 0 Å². The molecule has 0 spiro atoms. The summed E-state index contributed by atoms with van der Waals surface area (Å²) >= 11 is 0. The maximum atomic E-state index is 12.1. The molecule has 2 aromatic rings. The van der Waals surface area contributed by atoms with Gasteiger partial charge in [0.1, 0.15) is 11.4 Å². The molecule has 1 amide bonds. The van der Waals surface area contributed by atoms with Crippen LogP contribution >= 0.6 is 0 Å². The molecule has 114 valence electrons. The minimum atomic E-state index is -0.151. The van der Waals surface area contributed by atoms with Crippen molar-refractivity contribution in [2.24, 2.45) is 0 Å². The fourth-order valence-corrected chi connectivity index (χ4v) is 2.06. The van der Waals surface area contributed by atoms with Gasteiger partial charge in [-0.05, 0) is 38.0 Å². The van der Waals surface area contributed by atoms with E-state index in [2.05, 4.69) is 20.6 Å². The summed E-state index contributed by atoms with van der Waals surface area (Å²) in [5.74, 6) is 0.986. The number of ether oxygens (including phenoxy) is 1. The summed E-state index contributed by atoms with van der Waals surface area (Å²) in [4.78, 5) is 20.7. The second-order valence-electron chi connectivity index (χ2n) is 5.32. The average molecular weight is 298 g/mol. The third-order valence-corrected chi connectivity index (χ3v) is 3.33. The predicted molar refractivity (Wildman–Crippen MR) is 83.5 cm³/mol. The lowest BCUT2D eigenvalue weighted by Gasteiger charge is -2.09. The summed E-state index contributed by atoms with van der Waals surface area (Å²) in [7, 11) is 1.61. The zero-order valence-electron chi connectivity index (χ0n) is 12.6. The first-order valence-corrected chi connectivity index (χ1v) is 7.21. The highest BCUT2D eigenvalue weighted by molar-refractivity contribution is 5.93. The number of benzene rings is 1. The number of aryl methyl sites for hydroxylation is 1. The number of hydrogen-bond donors (Lipinski definition) is 2. The van der Waals surface area contributed by atoms with E-state index in [1.807, 2.05) is 31.2 Å². The van der Waals surface area contributed by atoms with Crippen molar-refractivity contribution in [3.63, 3.8) is 0 Å². The summed E-state index contributed by atoms with van der Waals surface area (Å²) in [5.41, 5.74) is 1.92.